The van der Waals surface area contributed by atoms with Gasteiger partial charge in [0, 0.05) is 17.4 Å². The summed E-state index contributed by atoms with van der Waals surface area (Å²) in [6, 6.07) is 5.65. The molecule has 0 aromatic carbocycles. The predicted octanol–water partition coefficient (Wildman–Crippen LogP) is 2.18. The van der Waals surface area contributed by atoms with Gasteiger partial charge in [-0.3, -0.25) is 4.79 Å². The van der Waals surface area contributed by atoms with Gasteiger partial charge in [0.2, 0.25) is 5.91 Å². The van der Waals surface area contributed by atoms with Gasteiger partial charge >= 0.3 is 0 Å². The molecule has 0 aliphatic carbocycles. The van der Waals surface area contributed by atoms with E-state index in [1.165, 1.54) is 29.6 Å². The number of thiophene rings is 2. The Hall–Kier alpha value is -1.17. The molecule has 2 rings (SSSR count). The summed E-state index contributed by atoms with van der Waals surface area (Å²) in [5.74, 6) is -0.143. The first kappa shape index (κ1) is 12.3. The maximum atomic E-state index is 11.0. The van der Waals surface area contributed by atoms with Crippen molar-refractivity contribution >= 4 is 28.6 Å². The highest BCUT2D eigenvalue weighted by Crippen LogP contribution is 2.33. The maximum absolute atomic E-state index is 11.0. The summed E-state index contributed by atoms with van der Waals surface area (Å²) in [4.78, 5) is 11.9. The molecule has 0 saturated carbocycles. The number of aliphatic hydroxyl groups is 1. The molecule has 0 radical (unpaired) electrons. The van der Waals surface area contributed by atoms with Crippen LogP contribution in [0.2, 0.25) is 0 Å². The van der Waals surface area contributed by atoms with Crippen LogP contribution < -0.4 is 5.32 Å². The van der Waals surface area contributed by atoms with Crippen molar-refractivity contribution in [2.24, 2.45) is 0 Å². The molecule has 0 bridgehead atoms. The molecule has 1 unspecified atom stereocenters. The molecule has 2 heterocycles. The molecule has 17 heavy (non-hydrogen) atoms. The zero-order valence-corrected chi connectivity index (χ0v) is 11.0. The van der Waals surface area contributed by atoms with Crippen LogP contribution in [-0.2, 0) is 10.4 Å². The lowest BCUT2D eigenvalue weighted by Gasteiger charge is -2.26. The Labute approximate surface area is 108 Å². The van der Waals surface area contributed by atoms with Crippen molar-refractivity contribution in [3.8, 4) is 0 Å². The Kier molecular flexibility index (Phi) is 3.61. The van der Waals surface area contributed by atoms with Crippen LogP contribution in [0.3, 0.4) is 0 Å². The molecule has 5 heteroatoms. The summed E-state index contributed by atoms with van der Waals surface area (Å²) in [6.45, 7) is 1.64. The van der Waals surface area contributed by atoms with Gasteiger partial charge in [-0.1, -0.05) is 6.07 Å². The first-order valence-corrected chi connectivity index (χ1v) is 6.98. The number of hydrogen-bond donors (Lipinski definition) is 2. The molecular weight excluding hydrogens is 254 g/mol. The van der Waals surface area contributed by atoms with Gasteiger partial charge in [0.05, 0.1) is 6.54 Å². The molecule has 1 amide bonds. The van der Waals surface area contributed by atoms with Crippen molar-refractivity contribution < 1.29 is 9.90 Å². The third-order valence-electron chi connectivity index (χ3n) is 2.52. The van der Waals surface area contributed by atoms with E-state index in [2.05, 4.69) is 5.32 Å². The van der Waals surface area contributed by atoms with Gasteiger partial charge < -0.3 is 10.4 Å². The third-order valence-corrected chi connectivity index (χ3v) is 4.22. The minimum absolute atomic E-state index is 0.143. The fourth-order valence-electron chi connectivity index (χ4n) is 1.60. The third kappa shape index (κ3) is 2.57. The van der Waals surface area contributed by atoms with Crippen molar-refractivity contribution in [2.45, 2.75) is 12.5 Å². The van der Waals surface area contributed by atoms with Crippen LogP contribution in [0.1, 0.15) is 17.4 Å². The van der Waals surface area contributed by atoms with Crippen LogP contribution in [-0.4, -0.2) is 17.6 Å². The van der Waals surface area contributed by atoms with Gasteiger partial charge in [0.15, 0.2) is 0 Å². The summed E-state index contributed by atoms with van der Waals surface area (Å²) >= 11 is 3.01. The second kappa shape index (κ2) is 5.00. The molecule has 0 fully saturated rings. The first-order valence-electron chi connectivity index (χ1n) is 5.16. The Morgan fingerprint density at radius 3 is 2.82 bits per heavy atom. The van der Waals surface area contributed by atoms with E-state index in [9.17, 15) is 9.90 Å². The number of carbonyl (C=O) groups is 1. The lowest BCUT2D eigenvalue weighted by molar-refractivity contribution is -0.119. The smallest absolute Gasteiger partial charge is 0.216 e. The molecule has 1 atom stereocenters. The largest absolute Gasteiger partial charge is 0.378 e. The number of hydrogen-bond acceptors (Lipinski definition) is 4. The monoisotopic (exact) mass is 267 g/mol. The molecule has 2 N–H and O–H groups in total. The van der Waals surface area contributed by atoms with E-state index in [1.807, 2.05) is 34.3 Å². The molecule has 0 spiro atoms. The molecule has 90 valence electrons. The zero-order valence-electron chi connectivity index (χ0n) is 9.34. The van der Waals surface area contributed by atoms with E-state index in [1.54, 1.807) is 0 Å². The van der Waals surface area contributed by atoms with Crippen molar-refractivity contribution in [3.05, 3.63) is 44.8 Å². The van der Waals surface area contributed by atoms with Crippen molar-refractivity contribution in [3.63, 3.8) is 0 Å². The highest BCUT2D eigenvalue weighted by molar-refractivity contribution is 7.10. The van der Waals surface area contributed by atoms with Crippen LogP contribution in [0, 0.1) is 0 Å². The minimum atomic E-state index is -1.13. The highest BCUT2D eigenvalue weighted by Gasteiger charge is 2.33. The Bertz CT molecular complexity index is 442. The Morgan fingerprint density at radius 1 is 1.47 bits per heavy atom. The summed E-state index contributed by atoms with van der Waals surface area (Å²) in [6.07, 6.45) is 0. The lowest BCUT2D eigenvalue weighted by Crippen LogP contribution is -2.40. The quantitative estimate of drug-likeness (QED) is 0.892. The minimum Gasteiger partial charge on any atom is -0.378 e. The highest BCUT2D eigenvalue weighted by atomic mass is 32.1. The van der Waals surface area contributed by atoms with Gasteiger partial charge in [0.1, 0.15) is 5.60 Å². The maximum Gasteiger partial charge on any atom is 0.216 e. The summed E-state index contributed by atoms with van der Waals surface area (Å²) in [5, 5.41) is 19.2. The normalized spacial score (nSPS) is 14.2. The van der Waals surface area contributed by atoms with Crippen molar-refractivity contribution in [1.82, 2.24) is 5.32 Å². The van der Waals surface area contributed by atoms with Crippen LogP contribution in [0.5, 0.6) is 0 Å². The number of amides is 1. The second-order valence-electron chi connectivity index (χ2n) is 3.76. The summed E-state index contributed by atoms with van der Waals surface area (Å²) in [5.41, 5.74) is -0.307. The average Bonchev–Trinajstić information content (AvgIpc) is 2.97. The molecule has 2 aromatic heterocycles. The molecule has 2 aromatic rings. The van der Waals surface area contributed by atoms with E-state index >= 15 is 0 Å². The molecular formula is C12H13NO2S2. The van der Waals surface area contributed by atoms with Crippen LogP contribution in [0.4, 0.5) is 0 Å². The molecule has 0 aliphatic heterocycles. The Morgan fingerprint density at radius 2 is 2.29 bits per heavy atom. The van der Waals surface area contributed by atoms with Crippen molar-refractivity contribution in [1.29, 1.82) is 0 Å². The van der Waals surface area contributed by atoms with Crippen LogP contribution >= 0.6 is 22.7 Å². The first-order chi connectivity index (χ1) is 8.13. The fourth-order valence-corrected chi connectivity index (χ4v) is 3.17. The zero-order chi connectivity index (χ0) is 12.3. The van der Waals surface area contributed by atoms with E-state index in [0.717, 1.165) is 10.4 Å². The van der Waals surface area contributed by atoms with E-state index in [-0.39, 0.29) is 12.5 Å². The number of carbonyl (C=O) groups excluding carboxylic acids is 1. The van der Waals surface area contributed by atoms with E-state index in [4.69, 9.17) is 0 Å². The van der Waals surface area contributed by atoms with Gasteiger partial charge in [-0.2, -0.15) is 11.3 Å². The van der Waals surface area contributed by atoms with Crippen molar-refractivity contribution in [2.75, 3.05) is 6.54 Å². The SMILES string of the molecule is CC(=O)NCC(O)(c1ccsc1)c1cccs1. The summed E-state index contributed by atoms with van der Waals surface area (Å²) < 4.78 is 0. The standard InChI is InChI=1S/C12H13NO2S2/c1-9(14)13-8-12(15,10-4-6-16-7-10)11-3-2-5-17-11/h2-7,15H,8H2,1H3,(H,13,14). The van der Waals surface area contributed by atoms with Gasteiger partial charge in [-0.25, -0.2) is 0 Å². The van der Waals surface area contributed by atoms with Gasteiger partial charge in [-0.15, -0.1) is 11.3 Å². The topological polar surface area (TPSA) is 49.3 Å². The molecule has 0 aliphatic rings. The summed E-state index contributed by atoms with van der Waals surface area (Å²) in [7, 11) is 0. The van der Waals surface area contributed by atoms with Gasteiger partial charge in [-0.05, 0) is 28.3 Å². The lowest BCUT2D eigenvalue weighted by atomic mass is 9.94. The Balaban J connectivity index is 2.33. The predicted molar refractivity (Wildman–Crippen MR) is 70.3 cm³/mol. The average molecular weight is 267 g/mol. The molecule has 0 saturated heterocycles. The van der Waals surface area contributed by atoms with E-state index in [0.29, 0.717) is 0 Å². The van der Waals surface area contributed by atoms with Crippen LogP contribution in [0.15, 0.2) is 34.3 Å². The van der Waals surface area contributed by atoms with Crippen LogP contribution in [0.25, 0.3) is 0 Å². The second-order valence-corrected chi connectivity index (χ2v) is 5.49. The van der Waals surface area contributed by atoms with E-state index < -0.39 is 5.60 Å². The van der Waals surface area contributed by atoms with Gasteiger partial charge in [0.25, 0.3) is 0 Å². The fraction of sp³-hybridized carbons (Fsp3) is 0.250. The number of nitrogens with one attached hydrogen (secondary N) is 1. The number of rotatable bonds is 4. The molecule has 3 nitrogen and oxygen atoms in total.